The van der Waals surface area contributed by atoms with Crippen molar-refractivity contribution < 1.29 is 8.42 Å². The summed E-state index contributed by atoms with van der Waals surface area (Å²) in [5.41, 5.74) is 2.28. The van der Waals surface area contributed by atoms with Crippen LogP contribution in [0.3, 0.4) is 0 Å². The fraction of sp³-hybridized carbons (Fsp3) is 0.591. The topological polar surface area (TPSA) is 64.0 Å². The molecule has 0 saturated heterocycles. The van der Waals surface area contributed by atoms with E-state index in [4.69, 9.17) is 0 Å². The van der Waals surface area contributed by atoms with Crippen LogP contribution in [-0.4, -0.2) is 24.7 Å². The number of rotatable bonds is 5. The summed E-state index contributed by atoms with van der Waals surface area (Å²) >= 11 is 0. The first-order valence-electron chi connectivity index (χ1n) is 10.5. The van der Waals surface area contributed by atoms with E-state index in [2.05, 4.69) is 9.82 Å². The molecule has 150 valence electrons. The minimum Gasteiger partial charge on any atom is -0.236 e. The summed E-state index contributed by atoms with van der Waals surface area (Å²) in [7, 11) is -3.59. The Kier molecular flexibility index (Phi) is 4.22. The van der Waals surface area contributed by atoms with Crippen molar-refractivity contribution in [2.24, 2.45) is 23.2 Å². The second kappa shape index (κ2) is 6.42. The zero-order chi connectivity index (χ0) is 19.5. The lowest BCUT2D eigenvalue weighted by Crippen LogP contribution is -2.51. The molecule has 4 saturated carbocycles. The molecule has 5 nitrogen and oxygen atoms in total. The third-order valence-corrected chi connectivity index (χ3v) is 8.95. The Labute approximate surface area is 167 Å². The summed E-state index contributed by atoms with van der Waals surface area (Å²) in [6.45, 7) is 4.20. The second-order valence-corrected chi connectivity index (χ2v) is 11.2. The van der Waals surface area contributed by atoms with Crippen LogP contribution in [0.1, 0.15) is 49.9 Å². The lowest BCUT2D eigenvalue weighted by atomic mass is 9.50. The Morgan fingerprint density at radius 1 is 1.04 bits per heavy atom. The van der Waals surface area contributed by atoms with Gasteiger partial charge >= 0.3 is 0 Å². The molecule has 6 rings (SSSR count). The highest BCUT2D eigenvalue weighted by Gasteiger charge is 2.51. The average Bonchev–Trinajstić information content (AvgIpc) is 2.95. The molecular weight excluding hydrogens is 370 g/mol. The predicted octanol–water partition coefficient (Wildman–Crippen LogP) is 3.98. The monoisotopic (exact) mass is 399 g/mol. The van der Waals surface area contributed by atoms with Gasteiger partial charge in [-0.1, -0.05) is 18.2 Å². The SMILES string of the molecule is Cc1nn(-c2ccccc2)c(C)c1S(=O)(=O)NCC12CC3CC(CC(C3)C1)C2. The van der Waals surface area contributed by atoms with E-state index in [9.17, 15) is 8.42 Å². The number of hydrogen-bond donors (Lipinski definition) is 1. The van der Waals surface area contributed by atoms with Crippen molar-refractivity contribution in [1.29, 1.82) is 0 Å². The molecule has 4 aliphatic carbocycles. The molecular formula is C22H29N3O2S. The molecule has 28 heavy (non-hydrogen) atoms. The zero-order valence-corrected chi connectivity index (χ0v) is 17.5. The molecule has 2 aromatic rings. The van der Waals surface area contributed by atoms with Gasteiger partial charge in [-0.15, -0.1) is 0 Å². The van der Waals surface area contributed by atoms with Crippen molar-refractivity contribution in [3.63, 3.8) is 0 Å². The number of benzene rings is 1. The van der Waals surface area contributed by atoms with Crippen LogP contribution in [0.5, 0.6) is 0 Å². The molecule has 0 spiro atoms. The van der Waals surface area contributed by atoms with Crippen LogP contribution in [0.15, 0.2) is 35.2 Å². The van der Waals surface area contributed by atoms with Crippen LogP contribution < -0.4 is 4.72 Å². The first-order chi connectivity index (χ1) is 13.4. The number of nitrogens with one attached hydrogen (secondary N) is 1. The molecule has 1 heterocycles. The summed E-state index contributed by atoms with van der Waals surface area (Å²) in [5, 5.41) is 4.52. The zero-order valence-electron chi connectivity index (χ0n) is 16.7. The largest absolute Gasteiger partial charge is 0.244 e. The third-order valence-electron chi connectivity index (χ3n) is 7.30. The van der Waals surface area contributed by atoms with Crippen LogP contribution in [-0.2, 0) is 10.0 Å². The molecule has 4 fully saturated rings. The van der Waals surface area contributed by atoms with E-state index in [-0.39, 0.29) is 5.41 Å². The Morgan fingerprint density at radius 2 is 1.61 bits per heavy atom. The number of hydrogen-bond acceptors (Lipinski definition) is 3. The molecule has 1 aromatic carbocycles. The Balaban J connectivity index is 1.40. The number of aromatic nitrogens is 2. The molecule has 1 N–H and O–H groups in total. The van der Waals surface area contributed by atoms with Gasteiger partial charge in [0.15, 0.2) is 0 Å². The molecule has 0 aliphatic heterocycles. The fourth-order valence-corrected chi connectivity index (χ4v) is 8.21. The first kappa shape index (κ1) is 18.4. The van der Waals surface area contributed by atoms with E-state index in [1.165, 1.54) is 38.5 Å². The van der Waals surface area contributed by atoms with Gasteiger partial charge in [0.1, 0.15) is 4.90 Å². The summed E-state index contributed by atoms with van der Waals surface area (Å²) in [6.07, 6.45) is 7.70. The Bertz CT molecular complexity index is 959. The van der Waals surface area contributed by atoms with Crippen molar-refractivity contribution in [3.05, 3.63) is 41.7 Å². The van der Waals surface area contributed by atoms with E-state index in [0.29, 0.717) is 22.8 Å². The molecule has 0 atom stereocenters. The van der Waals surface area contributed by atoms with Gasteiger partial charge in [-0.2, -0.15) is 5.10 Å². The van der Waals surface area contributed by atoms with Gasteiger partial charge in [0.25, 0.3) is 0 Å². The van der Waals surface area contributed by atoms with Crippen LogP contribution in [0.4, 0.5) is 0 Å². The van der Waals surface area contributed by atoms with Crippen molar-refractivity contribution in [3.8, 4) is 5.69 Å². The average molecular weight is 400 g/mol. The minimum absolute atomic E-state index is 0.180. The van der Waals surface area contributed by atoms with Gasteiger partial charge in [0, 0.05) is 6.54 Å². The number of sulfonamides is 1. The van der Waals surface area contributed by atoms with E-state index in [0.717, 1.165) is 23.4 Å². The maximum atomic E-state index is 13.2. The standard InChI is InChI=1S/C22H29N3O2S/c1-15-21(16(2)25(24-15)20-6-4-3-5-7-20)28(26,27)23-14-22-11-17-8-18(12-22)10-19(9-17)13-22/h3-7,17-19,23H,8-14H2,1-2H3. The maximum Gasteiger partial charge on any atom is 0.244 e. The van der Waals surface area contributed by atoms with Crippen molar-refractivity contribution in [2.75, 3.05) is 6.54 Å². The lowest BCUT2D eigenvalue weighted by Gasteiger charge is -2.56. The molecule has 1 aromatic heterocycles. The van der Waals surface area contributed by atoms with E-state index in [1.807, 2.05) is 37.3 Å². The summed E-state index contributed by atoms with van der Waals surface area (Å²) in [5.74, 6) is 2.46. The van der Waals surface area contributed by atoms with Crippen LogP contribution >= 0.6 is 0 Å². The van der Waals surface area contributed by atoms with Crippen molar-refractivity contribution >= 4 is 10.0 Å². The Morgan fingerprint density at radius 3 is 2.18 bits per heavy atom. The van der Waals surface area contributed by atoms with Crippen molar-refractivity contribution in [1.82, 2.24) is 14.5 Å². The minimum atomic E-state index is -3.59. The van der Waals surface area contributed by atoms with Gasteiger partial charge in [0.05, 0.1) is 17.1 Å². The number of para-hydroxylation sites is 1. The fourth-order valence-electron chi connectivity index (χ4n) is 6.66. The second-order valence-electron chi connectivity index (χ2n) is 9.49. The smallest absolute Gasteiger partial charge is 0.236 e. The Hall–Kier alpha value is -1.66. The summed E-state index contributed by atoms with van der Waals surface area (Å²) < 4.78 is 31.2. The predicted molar refractivity (Wildman–Crippen MR) is 109 cm³/mol. The van der Waals surface area contributed by atoms with Crippen LogP contribution in [0.25, 0.3) is 5.69 Å². The molecule has 4 aliphatic rings. The summed E-state index contributed by atoms with van der Waals surface area (Å²) in [6, 6.07) is 9.70. The van der Waals surface area contributed by atoms with Gasteiger partial charge in [-0.25, -0.2) is 17.8 Å². The van der Waals surface area contributed by atoms with Gasteiger partial charge in [-0.05, 0) is 87.7 Å². The lowest BCUT2D eigenvalue weighted by molar-refractivity contribution is -0.0487. The van der Waals surface area contributed by atoms with Crippen molar-refractivity contribution in [2.45, 2.75) is 57.3 Å². The van der Waals surface area contributed by atoms with E-state index < -0.39 is 10.0 Å². The third kappa shape index (κ3) is 3.01. The first-order valence-corrected chi connectivity index (χ1v) is 11.9. The van der Waals surface area contributed by atoms with Crippen LogP contribution in [0, 0.1) is 37.0 Å². The number of aryl methyl sites for hydroxylation is 1. The summed E-state index contributed by atoms with van der Waals surface area (Å²) in [4.78, 5) is 0.334. The van der Waals surface area contributed by atoms with E-state index >= 15 is 0 Å². The highest BCUT2D eigenvalue weighted by atomic mass is 32.2. The normalized spacial score (nSPS) is 31.4. The molecule has 0 unspecified atom stereocenters. The van der Waals surface area contributed by atoms with Gasteiger partial charge < -0.3 is 0 Å². The molecule has 4 bridgehead atoms. The molecule has 0 radical (unpaired) electrons. The van der Waals surface area contributed by atoms with E-state index in [1.54, 1.807) is 11.6 Å². The quantitative estimate of drug-likeness (QED) is 0.827. The molecule has 6 heteroatoms. The highest BCUT2D eigenvalue weighted by Crippen LogP contribution is 2.59. The van der Waals surface area contributed by atoms with Gasteiger partial charge in [0.2, 0.25) is 10.0 Å². The van der Waals surface area contributed by atoms with Gasteiger partial charge in [-0.3, -0.25) is 0 Å². The highest BCUT2D eigenvalue weighted by molar-refractivity contribution is 7.89. The number of nitrogens with zero attached hydrogens (tertiary/aromatic N) is 2. The van der Waals surface area contributed by atoms with Crippen LogP contribution in [0.2, 0.25) is 0 Å². The molecule has 0 amide bonds. The maximum absolute atomic E-state index is 13.2.